The van der Waals surface area contributed by atoms with E-state index in [2.05, 4.69) is 5.32 Å². The summed E-state index contributed by atoms with van der Waals surface area (Å²) in [6.07, 6.45) is -5.73. The van der Waals surface area contributed by atoms with E-state index in [-0.39, 0.29) is 13.2 Å². The number of carbonyl (C=O) groups excluding carboxylic acids is 1. The number of amides is 1. The number of hydrogen-bond donors (Lipinski definition) is 5. The number of rotatable bonds is 9. The average molecular weight is 385 g/mol. The molecule has 0 aromatic heterocycles. The van der Waals surface area contributed by atoms with Crippen molar-refractivity contribution >= 4 is 6.09 Å². The highest BCUT2D eigenvalue weighted by atomic mass is 16.7. The summed E-state index contributed by atoms with van der Waals surface area (Å²) in [5.74, 6) is 0. The molecule has 1 aliphatic heterocycles. The quantitative estimate of drug-likeness (QED) is 0.359. The van der Waals surface area contributed by atoms with E-state index < -0.39 is 43.4 Å². The van der Waals surface area contributed by atoms with Crippen LogP contribution in [0.5, 0.6) is 0 Å². The van der Waals surface area contributed by atoms with Crippen molar-refractivity contribution in [1.29, 1.82) is 0 Å². The van der Waals surface area contributed by atoms with Crippen LogP contribution < -0.4 is 5.32 Å². The number of benzene rings is 1. The van der Waals surface area contributed by atoms with E-state index in [4.69, 9.17) is 19.3 Å². The molecule has 2 rings (SSSR count). The summed E-state index contributed by atoms with van der Waals surface area (Å²) in [5, 5.41) is 40.9. The summed E-state index contributed by atoms with van der Waals surface area (Å²) in [5.41, 5.74) is 0.903. The lowest BCUT2D eigenvalue weighted by molar-refractivity contribution is -0.301. The van der Waals surface area contributed by atoms with Crippen molar-refractivity contribution in [3.63, 3.8) is 0 Å². The highest BCUT2D eigenvalue weighted by molar-refractivity contribution is 5.67. The van der Waals surface area contributed by atoms with Crippen LogP contribution in [0.25, 0.3) is 0 Å². The first-order valence-corrected chi connectivity index (χ1v) is 8.89. The summed E-state index contributed by atoms with van der Waals surface area (Å²) in [7, 11) is 0. The minimum Gasteiger partial charge on any atom is -0.445 e. The Kier molecular flexibility index (Phi) is 8.92. The van der Waals surface area contributed by atoms with Gasteiger partial charge in [-0.15, -0.1) is 0 Å². The largest absolute Gasteiger partial charge is 0.445 e. The molecule has 0 bridgehead atoms. The fourth-order valence-corrected chi connectivity index (χ4v) is 2.60. The lowest BCUT2D eigenvalue weighted by atomic mass is 9.99. The Balaban J connectivity index is 1.55. The highest BCUT2D eigenvalue weighted by Gasteiger charge is 2.43. The van der Waals surface area contributed by atoms with Crippen molar-refractivity contribution in [2.75, 3.05) is 19.8 Å². The molecule has 0 saturated carbocycles. The molecule has 1 aliphatic rings. The van der Waals surface area contributed by atoms with E-state index in [9.17, 15) is 20.1 Å². The molecule has 5 N–H and O–H groups in total. The zero-order chi connectivity index (χ0) is 19.6. The molecule has 1 aromatic carbocycles. The number of aliphatic hydroxyl groups is 4. The Hall–Kier alpha value is -1.75. The molecule has 1 heterocycles. The van der Waals surface area contributed by atoms with Crippen molar-refractivity contribution < 1.29 is 39.4 Å². The number of carbonyl (C=O) groups is 1. The molecule has 1 amide bonds. The van der Waals surface area contributed by atoms with Gasteiger partial charge in [0.05, 0.1) is 6.61 Å². The smallest absolute Gasteiger partial charge is 0.407 e. The maximum atomic E-state index is 11.6. The summed E-state index contributed by atoms with van der Waals surface area (Å²) in [6, 6.07) is 9.35. The molecule has 0 aliphatic carbocycles. The summed E-state index contributed by atoms with van der Waals surface area (Å²) >= 11 is 0. The average Bonchev–Trinajstić information content (AvgIpc) is 2.69. The molecule has 27 heavy (non-hydrogen) atoms. The topological polar surface area (TPSA) is 138 Å². The van der Waals surface area contributed by atoms with E-state index in [1.807, 2.05) is 30.3 Å². The molecule has 1 saturated heterocycles. The monoisotopic (exact) mass is 385 g/mol. The molecule has 0 unspecified atom stereocenters. The Morgan fingerprint density at radius 3 is 2.52 bits per heavy atom. The van der Waals surface area contributed by atoms with E-state index in [1.54, 1.807) is 0 Å². The van der Waals surface area contributed by atoms with Crippen LogP contribution in [0, 0.1) is 0 Å². The first kappa shape index (κ1) is 21.5. The van der Waals surface area contributed by atoms with E-state index >= 15 is 0 Å². The summed E-state index contributed by atoms with van der Waals surface area (Å²) in [4.78, 5) is 11.6. The van der Waals surface area contributed by atoms with Crippen LogP contribution >= 0.6 is 0 Å². The van der Waals surface area contributed by atoms with Crippen molar-refractivity contribution in [2.45, 2.75) is 50.2 Å². The molecular weight excluding hydrogens is 358 g/mol. The van der Waals surface area contributed by atoms with Gasteiger partial charge in [-0.25, -0.2) is 4.79 Å². The van der Waals surface area contributed by atoms with Crippen LogP contribution in [-0.4, -0.2) is 77.0 Å². The van der Waals surface area contributed by atoms with Gasteiger partial charge in [0.1, 0.15) is 31.0 Å². The molecule has 5 atom stereocenters. The third-order valence-electron chi connectivity index (χ3n) is 4.18. The fraction of sp³-hybridized carbons (Fsp3) is 0.611. The maximum absolute atomic E-state index is 11.6. The van der Waals surface area contributed by atoms with E-state index in [0.717, 1.165) is 5.56 Å². The van der Waals surface area contributed by atoms with Gasteiger partial charge < -0.3 is 40.0 Å². The molecular formula is C18H27NO8. The van der Waals surface area contributed by atoms with Crippen molar-refractivity contribution in [3.05, 3.63) is 35.9 Å². The van der Waals surface area contributed by atoms with Crippen LogP contribution in [0.2, 0.25) is 0 Å². The van der Waals surface area contributed by atoms with Crippen LogP contribution in [0.1, 0.15) is 18.4 Å². The summed E-state index contributed by atoms with van der Waals surface area (Å²) < 4.78 is 15.7. The van der Waals surface area contributed by atoms with Gasteiger partial charge in [-0.05, 0) is 18.4 Å². The lowest BCUT2D eigenvalue weighted by Crippen LogP contribution is -2.59. The molecule has 0 radical (unpaired) electrons. The zero-order valence-electron chi connectivity index (χ0n) is 14.9. The number of unbranched alkanes of at least 4 members (excludes halogenated alkanes) is 1. The SMILES string of the molecule is O=C(NCCCCO[C@@H]1O[C@H](CO)[C@H](O)[C@H](O)[C@H]1O)OCc1ccccc1. The molecule has 1 aromatic rings. The molecule has 152 valence electrons. The highest BCUT2D eigenvalue weighted by Crippen LogP contribution is 2.22. The van der Waals surface area contributed by atoms with Gasteiger partial charge in [-0.1, -0.05) is 30.3 Å². The Labute approximate surface area is 157 Å². The Morgan fingerprint density at radius 2 is 1.81 bits per heavy atom. The number of ether oxygens (including phenoxy) is 3. The Bertz CT molecular complexity index is 556. The van der Waals surface area contributed by atoms with Crippen LogP contribution in [0.3, 0.4) is 0 Å². The number of nitrogens with one attached hydrogen (secondary N) is 1. The van der Waals surface area contributed by atoms with Crippen LogP contribution in [-0.2, 0) is 20.8 Å². The predicted molar refractivity (Wildman–Crippen MR) is 93.6 cm³/mol. The third kappa shape index (κ3) is 6.73. The summed E-state index contributed by atoms with van der Waals surface area (Å²) in [6.45, 7) is 0.307. The fourth-order valence-electron chi connectivity index (χ4n) is 2.60. The van der Waals surface area contributed by atoms with Gasteiger partial charge in [-0.2, -0.15) is 0 Å². The standard InChI is InChI=1S/C18H27NO8/c20-10-13-14(21)15(22)16(23)17(27-13)25-9-5-4-8-19-18(24)26-11-12-6-2-1-3-7-12/h1-3,6-7,13-17,20-23H,4-5,8-11H2,(H,19,24)/t13-,14+,15+,16-,17-/m1/s1. The number of aliphatic hydroxyl groups excluding tert-OH is 4. The van der Waals surface area contributed by atoms with Gasteiger partial charge in [0.2, 0.25) is 0 Å². The first-order chi connectivity index (χ1) is 13.0. The van der Waals surface area contributed by atoms with Crippen LogP contribution in [0.15, 0.2) is 30.3 Å². The van der Waals surface area contributed by atoms with Gasteiger partial charge in [0, 0.05) is 13.2 Å². The first-order valence-electron chi connectivity index (χ1n) is 8.89. The lowest BCUT2D eigenvalue weighted by Gasteiger charge is -2.39. The van der Waals surface area contributed by atoms with Crippen LogP contribution in [0.4, 0.5) is 4.79 Å². The second kappa shape index (κ2) is 11.2. The normalized spacial score (nSPS) is 27.9. The number of hydrogen-bond acceptors (Lipinski definition) is 8. The number of alkyl carbamates (subject to hydrolysis) is 1. The third-order valence-corrected chi connectivity index (χ3v) is 4.18. The second-order valence-corrected chi connectivity index (χ2v) is 6.26. The van der Waals surface area contributed by atoms with Gasteiger partial charge in [-0.3, -0.25) is 0 Å². The predicted octanol–water partition coefficient (Wildman–Crippen LogP) is -0.490. The van der Waals surface area contributed by atoms with Gasteiger partial charge in [0.15, 0.2) is 6.29 Å². The molecule has 0 spiro atoms. The zero-order valence-corrected chi connectivity index (χ0v) is 14.9. The Morgan fingerprint density at radius 1 is 1.07 bits per heavy atom. The van der Waals surface area contributed by atoms with Crippen molar-refractivity contribution in [1.82, 2.24) is 5.32 Å². The minimum atomic E-state index is -1.46. The van der Waals surface area contributed by atoms with E-state index in [1.165, 1.54) is 0 Å². The van der Waals surface area contributed by atoms with Crippen molar-refractivity contribution in [3.8, 4) is 0 Å². The maximum Gasteiger partial charge on any atom is 0.407 e. The van der Waals surface area contributed by atoms with Gasteiger partial charge in [0.25, 0.3) is 0 Å². The van der Waals surface area contributed by atoms with Crippen molar-refractivity contribution in [2.24, 2.45) is 0 Å². The minimum absolute atomic E-state index is 0.201. The second-order valence-electron chi connectivity index (χ2n) is 6.26. The van der Waals surface area contributed by atoms with Gasteiger partial charge >= 0.3 is 6.09 Å². The molecule has 9 heteroatoms. The molecule has 9 nitrogen and oxygen atoms in total. The van der Waals surface area contributed by atoms with E-state index in [0.29, 0.717) is 19.4 Å². The molecule has 1 fully saturated rings.